The lowest BCUT2D eigenvalue weighted by Crippen LogP contribution is -2.32. The Bertz CT molecular complexity index is 264. The van der Waals surface area contributed by atoms with Gasteiger partial charge in [-0.1, -0.05) is 30.7 Å². The van der Waals surface area contributed by atoms with Crippen LogP contribution in [0, 0.1) is 11.8 Å². The van der Waals surface area contributed by atoms with Crippen LogP contribution >= 0.6 is 0 Å². The van der Waals surface area contributed by atoms with Crippen molar-refractivity contribution in [3.05, 3.63) is 23.8 Å². The number of aliphatic hydroxyl groups is 2. The van der Waals surface area contributed by atoms with E-state index in [4.69, 9.17) is 0 Å². The Morgan fingerprint density at radius 1 is 1.38 bits per heavy atom. The van der Waals surface area contributed by atoms with E-state index in [0.29, 0.717) is 12.3 Å². The SMILES string of the molecule is CC(C)=CCC[C@H](C)[C@@H]1C[C@@H](O)C=C[C@H]1O. The summed E-state index contributed by atoms with van der Waals surface area (Å²) in [5, 5.41) is 19.4. The summed E-state index contributed by atoms with van der Waals surface area (Å²) in [6.07, 6.45) is 7.73. The summed E-state index contributed by atoms with van der Waals surface area (Å²) in [4.78, 5) is 0. The zero-order valence-electron chi connectivity index (χ0n) is 10.6. The second kappa shape index (κ2) is 6.21. The molecular formula is C14H24O2. The fourth-order valence-electron chi connectivity index (χ4n) is 2.30. The third-order valence-electron chi connectivity index (χ3n) is 3.39. The maximum Gasteiger partial charge on any atom is 0.0753 e. The minimum Gasteiger partial charge on any atom is -0.389 e. The predicted molar refractivity (Wildman–Crippen MR) is 67.1 cm³/mol. The molecule has 0 aromatic rings. The van der Waals surface area contributed by atoms with Gasteiger partial charge in [0.2, 0.25) is 0 Å². The molecule has 2 N–H and O–H groups in total. The molecule has 0 amide bonds. The minimum absolute atomic E-state index is 0.200. The molecule has 2 heteroatoms. The lowest BCUT2D eigenvalue weighted by atomic mass is 9.79. The van der Waals surface area contributed by atoms with E-state index >= 15 is 0 Å². The molecule has 16 heavy (non-hydrogen) atoms. The molecule has 1 aliphatic rings. The van der Waals surface area contributed by atoms with Gasteiger partial charge in [0.05, 0.1) is 12.2 Å². The van der Waals surface area contributed by atoms with E-state index in [-0.39, 0.29) is 18.1 Å². The fraction of sp³-hybridized carbons (Fsp3) is 0.714. The van der Waals surface area contributed by atoms with Crippen LogP contribution in [0.15, 0.2) is 23.8 Å². The zero-order chi connectivity index (χ0) is 12.1. The van der Waals surface area contributed by atoms with E-state index in [1.807, 2.05) is 0 Å². The van der Waals surface area contributed by atoms with Crippen LogP contribution in [0.2, 0.25) is 0 Å². The van der Waals surface area contributed by atoms with Crippen molar-refractivity contribution in [2.24, 2.45) is 11.8 Å². The van der Waals surface area contributed by atoms with Gasteiger partial charge in [0.15, 0.2) is 0 Å². The third-order valence-corrected chi connectivity index (χ3v) is 3.39. The summed E-state index contributed by atoms with van der Waals surface area (Å²) in [5.74, 6) is 0.649. The van der Waals surface area contributed by atoms with E-state index in [0.717, 1.165) is 12.8 Å². The van der Waals surface area contributed by atoms with Crippen LogP contribution in [-0.2, 0) is 0 Å². The Balaban J connectivity index is 2.44. The summed E-state index contributed by atoms with van der Waals surface area (Å²) in [5.41, 5.74) is 1.34. The first-order chi connectivity index (χ1) is 7.50. The molecule has 92 valence electrons. The Labute approximate surface area is 98.7 Å². The molecular weight excluding hydrogens is 200 g/mol. The smallest absolute Gasteiger partial charge is 0.0753 e. The first-order valence-electron chi connectivity index (χ1n) is 6.18. The van der Waals surface area contributed by atoms with Crippen LogP contribution in [0.3, 0.4) is 0 Å². The highest BCUT2D eigenvalue weighted by molar-refractivity contribution is 5.03. The van der Waals surface area contributed by atoms with Crippen molar-refractivity contribution in [3.63, 3.8) is 0 Å². The van der Waals surface area contributed by atoms with Crippen LogP contribution in [0.1, 0.15) is 40.0 Å². The molecule has 2 nitrogen and oxygen atoms in total. The van der Waals surface area contributed by atoms with Gasteiger partial charge in [0.25, 0.3) is 0 Å². The molecule has 0 bridgehead atoms. The lowest BCUT2D eigenvalue weighted by molar-refractivity contribution is 0.0601. The maximum absolute atomic E-state index is 9.85. The van der Waals surface area contributed by atoms with E-state index in [9.17, 15) is 10.2 Å². The largest absolute Gasteiger partial charge is 0.389 e. The molecule has 0 saturated heterocycles. The first kappa shape index (κ1) is 13.5. The van der Waals surface area contributed by atoms with Gasteiger partial charge in [-0.25, -0.2) is 0 Å². The molecule has 0 spiro atoms. The van der Waals surface area contributed by atoms with Gasteiger partial charge in [0.1, 0.15) is 0 Å². The molecule has 0 fully saturated rings. The molecule has 0 unspecified atom stereocenters. The second-order valence-corrected chi connectivity index (χ2v) is 5.18. The summed E-state index contributed by atoms with van der Waals surface area (Å²) in [7, 11) is 0. The standard InChI is InChI=1S/C14H24O2/c1-10(2)5-4-6-11(3)13-9-12(15)7-8-14(13)16/h5,7-8,11-16H,4,6,9H2,1-3H3/t11-,12-,13-,14+/m0/s1. The highest BCUT2D eigenvalue weighted by atomic mass is 16.3. The van der Waals surface area contributed by atoms with Crippen LogP contribution in [0.4, 0.5) is 0 Å². The first-order valence-corrected chi connectivity index (χ1v) is 6.18. The zero-order valence-corrected chi connectivity index (χ0v) is 10.6. The van der Waals surface area contributed by atoms with E-state index in [1.54, 1.807) is 12.2 Å². The quantitative estimate of drug-likeness (QED) is 0.721. The molecule has 4 atom stereocenters. The number of hydrogen-bond donors (Lipinski definition) is 2. The Morgan fingerprint density at radius 2 is 2.06 bits per heavy atom. The van der Waals surface area contributed by atoms with E-state index in [2.05, 4.69) is 26.8 Å². The average Bonchev–Trinajstić information content (AvgIpc) is 2.21. The van der Waals surface area contributed by atoms with Gasteiger partial charge in [-0.05, 0) is 44.9 Å². The average molecular weight is 224 g/mol. The third kappa shape index (κ3) is 4.11. The van der Waals surface area contributed by atoms with Gasteiger partial charge in [-0.3, -0.25) is 0 Å². The van der Waals surface area contributed by atoms with Crippen molar-refractivity contribution in [3.8, 4) is 0 Å². The minimum atomic E-state index is -0.384. The van der Waals surface area contributed by atoms with Crippen molar-refractivity contribution in [2.45, 2.75) is 52.2 Å². The highest BCUT2D eigenvalue weighted by Gasteiger charge is 2.28. The van der Waals surface area contributed by atoms with Gasteiger partial charge in [-0.15, -0.1) is 0 Å². The number of aliphatic hydroxyl groups excluding tert-OH is 2. The van der Waals surface area contributed by atoms with E-state index in [1.165, 1.54) is 5.57 Å². The second-order valence-electron chi connectivity index (χ2n) is 5.18. The molecule has 1 aliphatic carbocycles. The van der Waals surface area contributed by atoms with E-state index < -0.39 is 0 Å². The van der Waals surface area contributed by atoms with Crippen molar-refractivity contribution >= 4 is 0 Å². The monoisotopic (exact) mass is 224 g/mol. The van der Waals surface area contributed by atoms with Crippen molar-refractivity contribution in [1.29, 1.82) is 0 Å². The number of allylic oxidation sites excluding steroid dienone is 2. The molecule has 1 rings (SSSR count). The van der Waals surface area contributed by atoms with Crippen LogP contribution in [0.5, 0.6) is 0 Å². The Hall–Kier alpha value is -0.600. The molecule has 0 saturated carbocycles. The maximum atomic E-state index is 9.85. The summed E-state index contributed by atoms with van der Waals surface area (Å²) in [6.45, 7) is 6.37. The Morgan fingerprint density at radius 3 is 2.69 bits per heavy atom. The van der Waals surface area contributed by atoms with Crippen molar-refractivity contribution < 1.29 is 10.2 Å². The lowest BCUT2D eigenvalue weighted by Gasteiger charge is -2.31. The predicted octanol–water partition coefficient (Wildman–Crippen LogP) is 2.67. The number of hydrogen-bond acceptors (Lipinski definition) is 2. The fourth-order valence-corrected chi connectivity index (χ4v) is 2.30. The van der Waals surface area contributed by atoms with Crippen LogP contribution in [0.25, 0.3) is 0 Å². The Kier molecular flexibility index (Phi) is 5.23. The van der Waals surface area contributed by atoms with Gasteiger partial charge >= 0.3 is 0 Å². The van der Waals surface area contributed by atoms with Gasteiger partial charge < -0.3 is 10.2 Å². The topological polar surface area (TPSA) is 40.5 Å². The van der Waals surface area contributed by atoms with Crippen molar-refractivity contribution in [1.82, 2.24) is 0 Å². The molecule has 0 aromatic heterocycles. The normalized spacial score (nSPS) is 31.2. The molecule has 0 radical (unpaired) electrons. The highest BCUT2D eigenvalue weighted by Crippen LogP contribution is 2.29. The van der Waals surface area contributed by atoms with Crippen molar-refractivity contribution in [2.75, 3.05) is 0 Å². The van der Waals surface area contributed by atoms with Gasteiger partial charge in [0, 0.05) is 0 Å². The summed E-state index contributed by atoms with van der Waals surface area (Å²) < 4.78 is 0. The number of rotatable bonds is 4. The molecule has 0 heterocycles. The van der Waals surface area contributed by atoms with Gasteiger partial charge in [-0.2, -0.15) is 0 Å². The van der Waals surface area contributed by atoms with Crippen LogP contribution in [-0.4, -0.2) is 22.4 Å². The van der Waals surface area contributed by atoms with Crippen LogP contribution < -0.4 is 0 Å². The summed E-state index contributed by atoms with van der Waals surface area (Å²) in [6, 6.07) is 0. The molecule has 0 aliphatic heterocycles. The summed E-state index contributed by atoms with van der Waals surface area (Å²) >= 11 is 0. The molecule has 0 aromatic carbocycles.